The van der Waals surface area contributed by atoms with E-state index in [1.165, 1.54) is 4.40 Å². The Morgan fingerprint density at radius 3 is 2.89 bits per heavy atom. The maximum Gasteiger partial charge on any atom is 0.310 e. The molecule has 2 aromatic carbocycles. The van der Waals surface area contributed by atoms with Crippen LogP contribution in [0.4, 0.5) is 0 Å². The van der Waals surface area contributed by atoms with Crippen molar-refractivity contribution in [3.05, 3.63) is 58.4 Å². The molecule has 0 spiro atoms. The first kappa shape index (κ1) is 10.3. The second kappa shape index (κ2) is 3.45. The van der Waals surface area contributed by atoms with E-state index in [9.17, 15) is 4.79 Å². The van der Waals surface area contributed by atoms with Gasteiger partial charge in [0, 0.05) is 0 Å². The normalized spacial score (nSPS) is 11.6. The molecule has 0 fully saturated rings. The summed E-state index contributed by atoms with van der Waals surface area (Å²) in [4.78, 5) is 16.9. The van der Waals surface area contributed by atoms with E-state index in [4.69, 9.17) is 4.42 Å². The van der Waals surface area contributed by atoms with Gasteiger partial charge < -0.3 is 4.42 Å². The average molecular weight is 250 g/mol. The molecule has 19 heavy (non-hydrogen) atoms. The van der Waals surface area contributed by atoms with Crippen LogP contribution in [-0.2, 0) is 0 Å². The largest absolute Gasteiger partial charge is 0.424 e. The minimum absolute atomic E-state index is 0.0943. The van der Waals surface area contributed by atoms with Gasteiger partial charge in [-0.05, 0) is 36.8 Å². The molecule has 0 N–H and O–H groups in total. The van der Waals surface area contributed by atoms with E-state index >= 15 is 0 Å². The van der Waals surface area contributed by atoms with Crippen LogP contribution >= 0.6 is 0 Å². The van der Waals surface area contributed by atoms with Crippen molar-refractivity contribution in [2.45, 2.75) is 6.92 Å². The molecule has 0 saturated heterocycles. The van der Waals surface area contributed by atoms with Gasteiger partial charge >= 0.3 is 5.84 Å². The van der Waals surface area contributed by atoms with Crippen molar-refractivity contribution < 1.29 is 4.42 Å². The van der Waals surface area contributed by atoms with Gasteiger partial charge in [-0.3, -0.25) is 4.79 Å². The quantitative estimate of drug-likeness (QED) is 0.482. The van der Waals surface area contributed by atoms with Gasteiger partial charge in [-0.2, -0.15) is 4.98 Å². The van der Waals surface area contributed by atoms with Gasteiger partial charge in [0.2, 0.25) is 0 Å². The molecular formula is C15H10N2O2. The van der Waals surface area contributed by atoms with Crippen molar-refractivity contribution in [1.82, 2.24) is 9.38 Å². The smallest absolute Gasteiger partial charge is 0.310 e. The van der Waals surface area contributed by atoms with E-state index in [0.29, 0.717) is 16.8 Å². The van der Waals surface area contributed by atoms with Crippen LogP contribution in [0.1, 0.15) is 5.56 Å². The van der Waals surface area contributed by atoms with Gasteiger partial charge in [0.1, 0.15) is 5.58 Å². The Kier molecular flexibility index (Phi) is 1.87. The topological polar surface area (TPSA) is 47.5 Å². The average Bonchev–Trinajstić information content (AvgIpc) is 2.76. The number of imidazole rings is 1. The predicted octanol–water partition coefficient (Wildman–Crippen LogP) is 2.90. The number of aromatic nitrogens is 2. The first-order valence-corrected chi connectivity index (χ1v) is 6.05. The van der Waals surface area contributed by atoms with E-state index in [-0.39, 0.29) is 5.56 Å². The highest BCUT2D eigenvalue weighted by molar-refractivity contribution is 5.83. The molecule has 0 aliphatic heterocycles. The van der Waals surface area contributed by atoms with Gasteiger partial charge in [0.05, 0.1) is 16.4 Å². The maximum atomic E-state index is 12.5. The molecule has 0 unspecified atom stereocenters. The molecule has 4 rings (SSSR count). The molecule has 0 atom stereocenters. The Labute approximate surface area is 107 Å². The summed E-state index contributed by atoms with van der Waals surface area (Å²) in [5.74, 6) is 0.337. The minimum atomic E-state index is -0.0943. The first-order chi connectivity index (χ1) is 9.24. The number of benzene rings is 2. The zero-order chi connectivity index (χ0) is 13.0. The summed E-state index contributed by atoms with van der Waals surface area (Å²) < 4.78 is 7.23. The molecule has 2 aromatic heterocycles. The Balaban J connectivity index is 2.33. The molecule has 2 heterocycles. The number of hydrogen-bond acceptors (Lipinski definition) is 3. The standard InChI is InChI=1S/C15H10N2O2/c1-9-6-7-12-11(8-9)16-15-17(12)14(18)10-4-2-3-5-13(10)19-15/h2-8H,1H3. The van der Waals surface area contributed by atoms with Crippen molar-refractivity contribution in [2.75, 3.05) is 0 Å². The first-order valence-electron chi connectivity index (χ1n) is 6.05. The summed E-state index contributed by atoms with van der Waals surface area (Å²) in [7, 11) is 0. The van der Waals surface area contributed by atoms with E-state index in [1.807, 2.05) is 37.3 Å². The summed E-state index contributed by atoms with van der Waals surface area (Å²) in [6, 6.07) is 13.0. The summed E-state index contributed by atoms with van der Waals surface area (Å²) in [5.41, 5.74) is 3.12. The third kappa shape index (κ3) is 1.34. The fraction of sp³-hybridized carbons (Fsp3) is 0.0667. The predicted molar refractivity (Wildman–Crippen MR) is 73.5 cm³/mol. The SMILES string of the molecule is Cc1ccc2c(c1)nc1oc3ccccc3c(=O)n12. The van der Waals surface area contributed by atoms with Crippen molar-refractivity contribution in [1.29, 1.82) is 0 Å². The molecule has 0 radical (unpaired) electrons. The molecule has 0 amide bonds. The molecule has 0 aliphatic carbocycles. The van der Waals surface area contributed by atoms with Crippen LogP contribution < -0.4 is 5.56 Å². The Bertz CT molecular complexity index is 995. The highest BCUT2D eigenvalue weighted by atomic mass is 16.3. The lowest BCUT2D eigenvalue weighted by Crippen LogP contribution is -2.12. The van der Waals surface area contributed by atoms with Crippen molar-refractivity contribution >= 4 is 27.8 Å². The van der Waals surface area contributed by atoms with Crippen LogP contribution in [0.5, 0.6) is 0 Å². The Morgan fingerprint density at radius 1 is 1.16 bits per heavy atom. The van der Waals surface area contributed by atoms with Gasteiger partial charge in [0.25, 0.3) is 5.56 Å². The van der Waals surface area contributed by atoms with E-state index in [1.54, 1.807) is 12.1 Å². The molecule has 4 nitrogen and oxygen atoms in total. The summed E-state index contributed by atoms with van der Waals surface area (Å²) in [6.45, 7) is 2.00. The molecular weight excluding hydrogens is 240 g/mol. The second-order valence-corrected chi connectivity index (χ2v) is 4.63. The molecule has 4 aromatic rings. The van der Waals surface area contributed by atoms with Crippen molar-refractivity contribution in [3.8, 4) is 0 Å². The number of nitrogens with zero attached hydrogens (tertiary/aromatic N) is 2. The Hall–Kier alpha value is -2.62. The highest BCUT2D eigenvalue weighted by Crippen LogP contribution is 2.19. The Morgan fingerprint density at radius 2 is 2.00 bits per heavy atom. The zero-order valence-electron chi connectivity index (χ0n) is 10.3. The fourth-order valence-electron chi connectivity index (χ4n) is 2.38. The van der Waals surface area contributed by atoms with Crippen molar-refractivity contribution in [2.24, 2.45) is 0 Å². The summed E-state index contributed by atoms with van der Waals surface area (Å²) in [5, 5.41) is 0.565. The zero-order valence-corrected chi connectivity index (χ0v) is 10.3. The summed E-state index contributed by atoms with van der Waals surface area (Å²) in [6.07, 6.45) is 0. The number of para-hydroxylation sites is 1. The molecule has 0 aliphatic rings. The fourth-order valence-corrected chi connectivity index (χ4v) is 2.38. The lowest BCUT2D eigenvalue weighted by molar-refractivity contribution is 0.616. The molecule has 0 bridgehead atoms. The van der Waals surface area contributed by atoms with Crippen LogP contribution in [0.2, 0.25) is 0 Å². The number of aryl methyl sites for hydroxylation is 1. The summed E-state index contributed by atoms with van der Waals surface area (Å²) >= 11 is 0. The maximum absolute atomic E-state index is 12.5. The van der Waals surface area contributed by atoms with Gasteiger partial charge in [-0.25, -0.2) is 4.40 Å². The number of hydrogen-bond donors (Lipinski definition) is 0. The van der Waals surface area contributed by atoms with Crippen LogP contribution in [0.25, 0.3) is 27.8 Å². The molecule has 0 saturated carbocycles. The van der Waals surface area contributed by atoms with Gasteiger partial charge in [-0.1, -0.05) is 18.2 Å². The third-order valence-corrected chi connectivity index (χ3v) is 3.30. The van der Waals surface area contributed by atoms with Crippen molar-refractivity contribution in [3.63, 3.8) is 0 Å². The lowest BCUT2D eigenvalue weighted by Gasteiger charge is -1.98. The minimum Gasteiger partial charge on any atom is -0.424 e. The lowest BCUT2D eigenvalue weighted by atomic mass is 10.2. The van der Waals surface area contributed by atoms with Gasteiger partial charge in [0.15, 0.2) is 0 Å². The van der Waals surface area contributed by atoms with Crippen LogP contribution in [0.15, 0.2) is 51.7 Å². The third-order valence-electron chi connectivity index (χ3n) is 3.30. The van der Waals surface area contributed by atoms with Crippen LogP contribution in [0, 0.1) is 6.92 Å². The van der Waals surface area contributed by atoms with Gasteiger partial charge in [-0.15, -0.1) is 0 Å². The van der Waals surface area contributed by atoms with E-state index < -0.39 is 0 Å². The highest BCUT2D eigenvalue weighted by Gasteiger charge is 2.12. The van der Waals surface area contributed by atoms with Crippen LogP contribution in [-0.4, -0.2) is 9.38 Å². The number of rotatable bonds is 0. The van der Waals surface area contributed by atoms with E-state index in [2.05, 4.69) is 4.98 Å². The monoisotopic (exact) mass is 250 g/mol. The molecule has 92 valence electrons. The van der Waals surface area contributed by atoms with Crippen LogP contribution in [0.3, 0.4) is 0 Å². The number of fused-ring (bicyclic) bond motifs is 4. The van der Waals surface area contributed by atoms with E-state index in [0.717, 1.165) is 16.6 Å². The second-order valence-electron chi connectivity index (χ2n) is 4.63. The molecule has 4 heteroatoms.